The van der Waals surface area contributed by atoms with E-state index in [0.29, 0.717) is 0 Å². The summed E-state index contributed by atoms with van der Waals surface area (Å²) < 4.78 is 2.05. The molecule has 2 N–H and O–H groups in total. The van der Waals surface area contributed by atoms with E-state index in [1.54, 1.807) is 6.92 Å². The number of allylic oxidation sites excluding steroid dienone is 2. The normalized spacial score (nSPS) is 12.0. The number of nitrogens with two attached hydrogens (primary N) is 1. The van der Waals surface area contributed by atoms with Crippen molar-refractivity contribution in [3.8, 4) is 6.07 Å². The molecule has 108 valence electrons. The molecular formula is C15H16N4OS. The second-order valence-corrected chi connectivity index (χ2v) is 5.45. The topological polar surface area (TPSA) is 84.7 Å². The minimum atomic E-state index is -0.266. The molecule has 0 bridgehead atoms. The number of benzene rings is 1. The van der Waals surface area contributed by atoms with Crippen LogP contribution in [0, 0.1) is 11.3 Å². The molecule has 0 saturated heterocycles. The van der Waals surface area contributed by atoms with Crippen molar-refractivity contribution in [2.75, 3.05) is 5.75 Å². The number of carbonyl (C=O) groups excluding carboxylic acids is 1. The van der Waals surface area contributed by atoms with Gasteiger partial charge in [0.25, 0.3) is 0 Å². The molecule has 0 saturated carbocycles. The van der Waals surface area contributed by atoms with Crippen LogP contribution in [0.3, 0.4) is 0 Å². The molecule has 0 fully saturated rings. The third-order valence-electron chi connectivity index (χ3n) is 3.05. The molecule has 0 atom stereocenters. The number of thioether (sulfide) groups is 1. The van der Waals surface area contributed by atoms with E-state index in [1.807, 2.05) is 37.3 Å². The Balaban J connectivity index is 2.23. The maximum Gasteiger partial charge on any atom is 0.185 e. The Hall–Kier alpha value is -2.26. The lowest BCUT2D eigenvalue weighted by molar-refractivity contribution is -0.112. The van der Waals surface area contributed by atoms with Crippen LogP contribution in [0.25, 0.3) is 11.0 Å². The van der Waals surface area contributed by atoms with Crippen molar-refractivity contribution in [2.24, 2.45) is 5.73 Å². The molecule has 1 heterocycles. The first-order valence-corrected chi connectivity index (χ1v) is 7.54. The number of fused-ring (bicyclic) bond motifs is 1. The van der Waals surface area contributed by atoms with Gasteiger partial charge in [-0.25, -0.2) is 4.98 Å². The highest BCUT2D eigenvalue weighted by Crippen LogP contribution is 2.24. The lowest BCUT2D eigenvalue weighted by atomic mass is 10.2. The summed E-state index contributed by atoms with van der Waals surface area (Å²) in [5.41, 5.74) is 7.77. The quantitative estimate of drug-likeness (QED) is 0.521. The predicted molar refractivity (Wildman–Crippen MR) is 83.6 cm³/mol. The van der Waals surface area contributed by atoms with Crippen molar-refractivity contribution in [3.63, 3.8) is 0 Å². The number of carbonyl (C=O) groups is 1. The van der Waals surface area contributed by atoms with Crippen LogP contribution < -0.4 is 5.73 Å². The van der Waals surface area contributed by atoms with Gasteiger partial charge in [0.1, 0.15) is 11.6 Å². The number of Topliss-reactive ketones (excluding diaryl/α,β-unsaturated/α-hetero) is 1. The van der Waals surface area contributed by atoms with Crippen LogP contribution in [-0.2, 0) is 11.3 Å². The van der Waals surface area contributed by atoms with Crippen LogP contribution >= 0.6 is 11.8 Å². The molecule has 1 aromatic carbocycles. The van der Waals surface area contributed by atoms with Crippen LogP contribution in [0.2, 0.25) is 0 Å². The molecule has 2 rings (SSSR count). The van der Waals surface area contributed by atoms with E-state index < -0.39 is 0 Å². The van der Waals surface area contributed by atoms with Crippen molar-refractivity contribution in [1.82, 2.24) is 9.55 Å². The Morgan fingerprint density at radius 3 is 2.81 bits per heavy atom. The largest absolute Gasteiger partial charge is 0.401 e. The summed E-state index contributed by atoms with van der Waals surface area (Å²) >= 11 is 1.33. The van der Waals surface area contributed by atoms with Crippen LogP contribution in [0.4, 0.5) is 0 Å². The Morgan fingerprint density at radius 1 is 1.48 bits per heavy atom. The Morgan fingerprint density at radius 2 is 2.19 bits per heavy atom. The molecule has 0 amide bonds. The number of imidazole rings is 1. The molecule has 6 heteroatoms. The zero-order valence-corrected chi connectivity index (χ0v) is 12.8. The minimum Gasteiger partial charge on any atom is -0.401 e. The predicted octanol–water partition coefficient (Wildman–Crippen LogP) is 2.47. The van der Waals surface area contributed by atoms with Crippen LogP contribution in [0.15, 0.2) is 40.7 Å². The zero-order chi connectivity index (χ0) is 15.4. The number of hydrogen-bond donors (Lipinski definition) is 1. The molecule has 0 aliphatic rings. The number of hydrogen-bond acceptors (Lipinski definition) is 5. The average Bonchev–Trinajstić information content (AvgIpc) is 2.82. The molecule has 21 heavy (non-hydrogen) atoms. The van der Waals surface area contributed by atoms with E-state index in [-0.39, 0.29) is 22.8 Å². The first-order valence-electron chi connectivity index (χ1n) is 6.56. The highest BCUT2D eigenvalue weighted by Gasteiger charge is 2.15. The van der Waals surface area contributed by atoms with Crippen molar-refractivity contribution in [2.45, 2.75) is 25.5 Å². The van der Waals surface area contributed by atoms with Gasteiger partial charge in [-0.2, -0.15) is 5.26 Å². The second kappa shape index (κ2) is 6.46. The first kappa shape index (κ1) is 15.1. The lowest BCUT2D eigenvalue weighted by Gasteiger charge is -2.05. The van der Waals surface area contributed by atoms with Gasteiger partial charge in [0.05, 0.1) is 16.8 Å². The summed E-state index contributed by atoms with van der Waals surface area (Å²) in [6, 6.07) is 9.70. The number of aromatic nitrogens is 2. The van der Waals surface area contributed by atoms with Gasteiger partial charge < -0.3 is 10.3 Å². The van der Waals surface area contributed by atoms with E-state index in [4.69, 9.17) is 11.0 Å². The van der Waals surface area contributed by atoms with E-state index in [1.165, 1.54) is 11.8 Å². The number of nitrogens with zero attached hydrogens (tertiary/aromatic N) is 3. The maximum atomic E-state index is 12.0. The van der Waals surface area contributed by atoms with Gasteiger partial charge in [-0.05, 0) is 26.0 Å². The summed E-state index contributed by atoms with van der Waals surface area (Å²) in [5, 5.41) is 9.72. The summed E-state index contributed by atoms with van der Waals surface area (Å²) in [6.07, 6.45) is 0. The molecule has 0 radical (unpaired) electrons. The van der Waals surface area contributed by atoms with Crippen molar-refractivity contribution in [1.29, 1.82) is 5.26 Å². The smallest absolute Gasteiger partial charge is 0.185 e. The van der Waals surface area contributed by atoms with E-state index in [9.17, 15) is 4.79 Å². The maximum absolute atomic E-state index is 12.0. The summed E-state index contributed by atoms with van der Waals surface area (Å²) in [6.45, 7) is 4.36. The summed E-state index contributed by atoms with van der Waals surface area (Å²) in [4.78, 5) is 16.5. The van der Waals surface area contributed by atoms with Crippen LogP contribution in [0.5, 0.6) is 0 Å². The van der Waals surface area contributed by atoms with Crippen LogP contribution in [0.1, 0.15) is 13.8 Å². The monoisotopic (exact) mass is 300 g/mol. The second-order valence-electron chi connectivity index (χ2n) is 4.51. The average molecular weight is 300 g/mol. The molecule has 0 spiro atoms. The van der Waals surface area contributed by atoms with Crippen molar-refractivity contribution < 1.29 is 4.79 Å². The standard InChI is InChI=1S/C15H16N4OS/c1-3-19-13-7-5-4-6-12(13)18-15(19)21-9-14(20)11(8-16)10(2)17/h4-7H,3,9,17H2,1-2H3/b11-10-. The Kier molecular flexibility index (Phi) is 4.66. The zero-order valence-electron chi connectivity index (χ0n) is 12.0. The molecule has 0 unspecified atom stereocenters. The highest BCUT2D eigenvalue weighted by atomic mass is 32.2. The van der Waals surface area contributed by atoms with E-state index in [2.05, 4.69) is 9.55 Å². The van der Waals surface area contributed by atoms with Crippen molar-refractivity contribution >= 4 is 28.6 Å². The SMILES string of the molecule is CCn1c(SCC(=O)/C(C#N)=C(/C)N)nc2ccccc21. The van der Waals surface area contributed by atoms with Crippen LogP contribution in [-0.4, -0.2) is 21.1 Å². The van der Waals surface area contributed by atoms with E-state index in [0.717, 1.165) is 22.7 Å². The first-order chi connectivity index (χ1) is 10.1. The van der Waals surface area contributed by atoms with E-state index >= 15 is 0 Å². The minimum absolute atomic E-state index is 0.0293. The van der Waals surface area contributed by atoms with Crippen molar-refractivity contribution in [3.05, 3.63) is 35.5 Å². The number of nitriles is 1. The number of para-hydroxylation sites is 2. The third kappa shape index (κ3) is 3.09. The van der Waals surface area contributed by atoms with Gasteiger partial charge in [0.15, 0.2) is 10.9 Å². The van der Waals surface area contributed by atoms with Gasteiger partial charge in [-0.15, -0.1) is 0 Å². The van der Waals surface area contributed by atoms with Gasteiger partial charge >= 0.3 is 0 Å². The fourth-order valence-corrected chi connectivity index (χ4v) is 2.99. The molecule has 2 aromatic rings. The summed E-state index contributed by atoms with van der Waals surface area (Å²) in [7, 11) is 0. The Bertz CT molecular complexity index is 751. The highest BCUT2D eigenvalue weighted by molar-refractivity contribution is 7.99. The number of aryl methyl sites for hydroxylation is 1. The number of ketones is 1. The van der Waals surface area contributed by atoms with Gasteiger partial charge in [-0.1, -0.05) is 23.9 Å². The summed E-state index contributed by atoms with van der Waals surface area (Å²) in [5.74, 6) is -0.113. The van der Waals surface area contributed by atoms with Gasteiger partial charge in [0.2, 0.25) is 0 Å². The molecule has 1 aromatic heterocycles. The molecule has 0 aliphatic carbocycles. The fourth-order valence-electron chi connectivity index (χ4n) is 2.04. The third-order valence-corrected chi connectivity index (χ3v) is 4.03. The molecule has 0 aliphatic heterocycles. The van der Waals surface area contributed by atoms with Gasteiger partial charge in [-0.3, -0.25) is 4.79 Å². The lowest BCUT2D eigenvalue weighted by Crippen LogP contribution is -2.10. The Labute approximate surface area is 127 Å². The molecular weight excluding hydrogens is 284 g/mol. The van der Waals surface area contributed by atoms with Gasteiger partial charge in [0, 0.05) is 12.2 Å². The number of rotatable bonds is 5. The fraction of sp³-hybridized carbons (Fsp3) is 0.267. The molecule has 5 nitrogen and oxygen atoms in total.